The third kappa shape index (κ3) is 4.19. The molecule has 0 saturated carbocycles. The molecule has 0 amide bonds. The van der Waals surface area contributed by atoms with Gasteiger partial charge in [0, 0.05) is 36.2 Å². The summed E-state index contributed by atoms with van der Waals surface area (Å²) in [7, 11) is 3.77. The van der Waals surface area contributed by atoms with Crippen LogP contribution in [-0.2, 0) is 0 Å². The van der Waals surface area contributed by atoms with Crippen LogP contribution in [-0.4, -0.2) is 35.6 Å². The van der Waals surface area contributed by atoms with Crippen molar-refractivity contribution in [3.63, 3.8) is 0 Å². The maximum absolute atomic E-state index is 6.04. The third-order valence-electron chi connectivity index (χ3n) is 2.68. The predicted octanol–water partition coefficient (Wildman–Crippen LogP) is 3.73. The van der Waals surface area contributed by atoms with Gasteiger partial charge < -0.3 is 10.2 Å². The van der Waals surface area contributed by atoms with Crippen LogP contribution < -0.4 is 10.2 Å². The molecule has 0 spiro atoms. The Hall–Kier alpha value is -1.59. The average molecular weight is 326 g/mol. The molecule has 1 aromatic heterocycles. The predicted molar refractivity (Wildman–Crippen MR) is 88.4 cm³/mol. The van der Waals surface area contributed by atoms with Crippen molar-refractivity contribution in [2.45, 2.75) is 13.3 Å². The largest absolute Gasteiger partial charge is 0.354 e. The van der Waals surface area contributed by atoms with E-state index >= 15 is 0 Å². The SMILES string of the molecule is CCCNc1nc(-c2cc(Cl)cc(Cl)c2)nc(N(C)C)n1. The first-order valence-electron chi connectivity index (χ1n) is 6.63. The van der Waals surface area contributed by atoms with E-state index in [1.165, 1.54) is 0 Å². The summed E-state index contributed by atoms with van der Waals surface area (Å²) in [4.78, 5) is 15.1. The molecule has 0 atom stereocenters. The summed E-state index contributed by atoms with van der Waals surface area (Å²) >= 11 is 12.1. The number of halogens is 2. The van der Waals surface area contributed by atoms with Gasteiger partial charge in [-0.15, -0.1) is 0 Å². The summed E-state index contributed by atoms with van der Waals surface area (Å²) in [6.45, 7) is 2.88. The average Bonchev–Trinajstić information content (AvgIpc) is 2.43. The number of hydrogen-bond acceptors (Lipinski definition) is 5. The van der Waals surface area contributed by atoms with E-state index in [-0.39, 0.29) is 0 Å². The zero-order chi connectivity index (χ0) is 15.4. The number of anilines is 2. The second kappa shape index (κ2) is 6.91. The summed E-state index contributed by atoms with van der Waals surface area (Å²) in [5.41, 5.74) is 0.762. The van der Waals surface area contributed by atoms with Gasteiger partial charge in [0.25, 0.3) is 0 Å². The van der Waals surface area contributed by atoms with Crippen molar-refractivity contribution in [2.24, 2.45) is 0 Å². The number of nitrogens with zero attached hydrogens (tertiary/aromatic N) is 4. The van der Waals surface area contributed by atoms with Gasteiger partial charge in [-0.3, -0.25) is 0 Å². The van der Waals surface area contributed by atoms with Crippen LogP contribution in [0.1, 0.15) is 13.3 Å². The zero-order valence-corrected chi connectivity index (χ0v) is 13.7. The van der Waals surface area contributed by atoms with Crippen LogP contribution in [0, 0.1) is 0 Å². The molecule has 0 aliphatic heterocycles. The van der Waals surface area contributed by atoms with Crippen LogP contribution in [0.2, 0.25) is 10.0 Å². The summed E-state index contributed by atoms with van der Waals surface area (Å²) in [5.74, 6) is 1.66. The normalized spacial score (nSPS) is 10.5. The Bertz CT molecular complexity index is 611. The Morgan fingerprint density at radius 1 is 1.05 bits per heavy atom. The van der Waals surface area contributed by atoms with Crippen LogP contribution in [0.5, 0.6) is 0 Å². The highest BCUT2D eigenvalue weighted by Crippen LogP contribution is 2.26. The number of rotatable bonds is 5. The number of nitrogens with one attached hydrogen (secondary N) is 1. The van der Waals surface area contributed by atoms with Crippen molar-refractivity contribution in [1.82, 2.24) is 15.0 Å². The molecule has 0 fully saturated rings. The molecule has 21 heavy (non-hydrogen) atoms. The first-order chi connectivity index (χ1) is 9.99. The molecule has 2 aromatic rings. The highest BCUT2D eigenvalue weighted by atomic mass is 35.5. The van der Waals surface area contributed by atoms with Crippen LogP contribution in [0.4, 0.5) is 11.9 Å². The lowest BCUT2D eigenvalue weighted by molar-refractivity contribution is 0.920. The van der Waals surface area contributed by atoms with Gasteiger partial charge in [-0.05, 0) is 24.6 Å². The molecule has 1 aromatic carbocycles. The van der Waals surface area contributed by atoms with Gasteiger partial charge in [0.15, 0.2) is 5.82 Å². The minimum absolute atomic E-state index is 0.539. The van der Waals surface area contributed by atoms with E-state index < -0.39 is 0 Å². The molecule has 2 rings (SSSR count). The Labute approximate surface area is 134 Å². The molecule has 1 heterocycles. The smallest absolute Gasteiger partial charge is 0.230 e. The summed E-state index contributed by atoms with van der Waals surface area (Å²) in [5, 5.41) is 4.27. The van der Waals surface area contributed by atoms with E-state index in [0.717, 1.165) is 18.5 Å². The van der Waals surface area contributed by atoms with Gasteiger partial charge in [-0.2, -0.15) is 15.0 Å². The molecule has 0 aliphatic carbocycles. The molecule has 112 valence electrons. The molecule has 0 aliphatic rings. The lowest BCUT2D eigenvalue weighted by atomic mass is 10.2. The molecule has 0 bridgehead atoms. The van der Waals surface area contributed by atoms with Crippen molar-refractivity contribution in [1.29, 1.82) is 0 Å². The molecule has 0 radical (unpaired) electrons. The van der Waals surface area contributed by atoms with E-state index in [1.807, 2.05) is 19.0 Å². The van der Waals surface area contributed by atoms with Crippen LogP contribution in [0.15, 0.2) is 18.2 Å². The van der Waals surface area contributed by atoms with E-state index in [0.29, 0.717) is 27.8 Å². The third-order valence-corrected chi connectivity index (χ3v) is 3.11. The van der Waals surface area contributed by atoms with Crippen molar-refractivity contribution in [2.75, 3.05) is 30.9 Å². The highest BCUT2D eigenvalue weighted by molar-refractivity contribution is 6.35. The topological polar surface area (TPSA) is 53.9 Å². The van der Waals surface area contributed by atoms with Crippen molar-refractivity contribution >= 4 is 35.1 Å². The van der Waals surface area contributed by atoms with Gasteiger partial charge >= 0.3 is 0 Å². The Balaban J connectivity index is 2.48. The molecule has 0 saturated heterocycles. The Morgan fingerprint density at radius 3 is 2.29 bits per heavy atom. The number of hydrogen-bond donors (Lipinski definition) is 1. The summed E-state index contributed by atoms with van der Waals surface area (Å²) in [6.07, 6.45) is 0.987. The van der Waals surface area contributed by atoms with Crippen LogP contribution in [0.25, 0.3) is 11.4 Å². The first kappa shape index (κ1) is 15.8. The van der Waals surface area contributed by atoms with Crippen molar-refractivity contribution in [3.05, 3.63) is 28.2 Å². The number of aromatic nitrogens is 3. The molecular formula is C14H17Cl2N5. The van der Waals surface area contributed by atoms with E-state index in [9.17, 15) is 0 Å². The molecule has 7 heteroatoms. The monoisotopic (exact) mass is 325 g/mol. The van der Waals surface area contributed by atoms with E-state index in [2.05, 4.69) is 27.2 Å². The molecule has 0 unspecified atom stereocenters. The highest BCUT2D eigenvalue weighted by Gasteiger charge is 2.11. The standard InChI is InChI=1S/C14H17Cl2N5/c1-4-5-17-13-18-12(19-14(20-13)21(2)3)9-6-10(15)8-11(16)7-9/h6-8H,4-5H2,1-3H3,(H,17,18,19,20). The van der Waals surface area contributed by atoms with Gasteiger partial charge in [0.1, 0.15) is 0 Å². The Kier molecular flexibility index (Phi) is 5.20. The second-order valence-corrected chi connectivity index (χ2v) is 5.63. The van der Waals surface area contributed by atoms with E-state index in [1.54, 1.807) is 18.2 Å². The van der Waals surface area contributed by atoms with Crippen LogP contribution >= 0.6 is 23.2 Å². The molecule has 1 N–H and O–H groups in total. The van der Waals surface area contributed by atoms with Crippen molar-refractivity contribution in [3.8, 4) is 11.4 Å². The van der Waals surface area contributed by atoms with Gasteiger partial charge in [0.05, 0.1) is 0 Å². The van der Waals surface area contributed by atoms with Gasteiger partial charge in [-0.1, -0.05) is 30.1 Å². The Morgan fingerprint density at radius 2 is 1.71 bits per heavy atom. The van der Waals surface area contributed by atoms with Gasteiger partial charge in [0.2, 0.25) is 11.9 Å². The fourth-order valence-electron chi connectivity index (χ4n) is 1.69. The lowest BCUT2D eigenvalue weighted by Gasteiger charge is -2.13. The fraction of sp³-hybridized carbons (Fsp3) is 0.357. The zero-order valence-electron chi connectivity index (χ0n) is 12.2. The summed E-state index contributed by atoms with van der Waals surface area (Å²) in [6, 6.07) is 5.24. The lowest BCUT2D eigenvalue weighted by Crippen LogP contribution is -2.16. The minimum atomic E-state index is 0.539. The van der Waals surface area contributed by atoms with E-state index in [4.69, 9.17) is 23.2 Å². The van der Waals surface area contributed by atoms with Gasteiger partial charge in [-0.25, -0.2) is 0 Å². The number of benzene rings is 1. The second-order valence-electron chi connectivity index (χ2n) is 4.76. The summed E-state index contributed by atoms with van der Waals surface area (Å²) < 4.78 is 0. The fourth-order valence-corrected chi connectivity index (χ4v) is 2.22. The maximum atomic E-state index is 6.04. The molecular weight excluding hydrogens is 309 g/mol. The quantitative estimate of drug-likeness (QED) is 0.907. The first-order valence-corrected chi connectivity index (χ1v) is 7.39. The van der Waals surface area contributed by atoms with Crippen LogP contribution in [0.3, 0.4) is 0 Å². The van der Waals surface area contributed by atoms with Crippen molar-refractivity contribution < 1.29 is 0 Å². The molecule has 5 nitrogen and oxygen atoms in total. The minimum Gasteiger partial charge on any atom is -0.354 e. The maximum Gasteiger partial charge on any atom is 0.230 e.